The van der Waals surface area contributed by atoms with Crippen LogP contribution in [0.4, 0.5) is 0 Å². The second-order valence-corrected chi connectivity index (χ2v) is 5.48. The second-order valence-electron chi connectivity index (χ2n) is 3.68. The van der Waals surface area contributed by atoms with Crippen LogP contribution < -0.4 is 0 Å². The molecule has 3 heteroatoms. The van der Waals surface area contributed by atoms with Crippen LogP contribution in [-0.2, 0) is 11.5 Å². The summed E-state index contributed by atoms with van der Waals surface area (Å²) in [6, 6.07) is 15.9. The minimum Gasteiger partial charge on any atom is -0.152 e. The molecule has 0 fully saturated rings. The largest absolute Gasteiger partial charge is 0.152 e. The zero-order valence-corrected chi connectivity index (χ0v) is 11.5. The van der Waals surface area contributed by atoms with Gasteiger partial charge in [0.15, 0.2) is 0 Å². The molecule has 0 nitrogen and oxygen atoms in total. The summed E-state index contributed by atoms with van der Waals surface area (Å²) in [4.78, 5) is 0. The van der Waals surface area contributed by atoms with Crippen molar-refractivity contribution >= 4 is 35.0 Å². The highest BCUT2D eigenvalue weighted by Crippen LogP contribution is 2.25. The van der Waals surface area contributed by atoms with Gasteiger partial charge in [-0.3, -0.25) is 0 Å². The van der Waals surface area contributed by atoms with E-state index in [-0.39, 0.29) is 0 Å². The van der Waals surface area contributed by atoms with E-state index in [0.29, 0.717) is 0 Å². The number of rotatable bonds is 4. The first kappa shape index (κ1) is 12.8. The first-order valence-corrected chi connectivity index (χ1v) is 7.23. The van der Waals surface area contributed by atoms with Crippen molar-refractivity contribution in [2.75, 3.05) is 0 Å². The van der Waals surface area contributed by atoms with E-state index in [9.17, 15) is 0 Å². The lowest BCUT2D eigenvalue weighted by Gasteiger charge is -2.05. The first-order chi connectivity index (χ1) is 8.27. The molecule has 0 N–H and O–H groups in total. The van der Waals surface area contributed by atoms with Gasteiger partial charge >= 0.3 is 0 Å². The van der Waals surface area contributed by atoms with Gasteiger partial charge in [0.2, 0.25) is 0 Å². The fourth-order valence-corrected chi connectivity index (χ4v) is 3.11. The van der Waals surface area contributed by atoms with E-state index >= 15 is 0 Å². The summed E-state index contributed by atoms with van der Waals surface area (Å²) < 4.78 is 0. The molecule has 2 rings (SSSR count). The Hall–Kier alpha value is -0.630. The molecule has 0 heterocycles. The minimum absolute atomic E-state index is 0.833. The smallest absolute Gasteiger partial charge is 0.0446 e. The third-order valence-electron chi connectivity index (χ3n) is 2.43. The van der Waals surface area contributed by atoms with Crippen LogP contribution in [-0.4, -0.2) is 0 Å². The third kappa shape index (κ3) is 3.67. The Kier molecular flexibility index (Phi) is 4.78. The standard InChI is InChI=1S/C14H12Cl2S/c15-13-7-3-1-5-11(13)9-17-10-12-6-2-4-8-14(12)16/h1-8H,9-10H2. The predicted molar refractivity (Wildman–Crippen MR) is 77.9 cm³/mol. The molecule has 0 saturated heterocycles. The maximum atomic E-state index is 6.10. The van der Waals surface area contributed by atoms with Crippen molar-refractivity contribution in [1.82, 2.24) is 0 Å². The highest BCUT2D eigenvalue weighted by molar-refractivity contribution is 7.97. The van der Waals surface area contributed by atoms with Crippen molar-refractivity contribution in [3.8, 4) is 0 Å². The summed E-state index contributed by atoms with van der Waals surface area (Å²) in [6.07, 6.45) is 0. The normalized spacial score (nSPS) is 10.5. The van der Waals surface area contributed by atoms with Crippen LogP contribution in [0.3, 0.4) is 0 Å². The molecule has 0 bridgehead atoms. The molecule has 2 aromatic carbocycles. The zero-order valence-electron chi connectivity index (χ0n) is 9.20. The van der Waals surface area contributed by atoms with Crippen LogP contribution in [0.25, 0.3) is 0 Å². The van der Waals surface area contributed by atoms with E-state index in [4.69, 9.17) is 23.2 Å². The molecule has 0 amide bonds. The molecular formula is C14H12Cl2S. The molecule has 0 aliphatic rings. The van der Waals surface area contributed by atoms with Crippen LogP contribution in [0, 0.1) is 0 Å². The SMILES string of the molecule is Clc1ccccc1CSCc1ccccc1Cl. The maximum Gasteiger partial charge on any atom is 0.0446 e. The van der Waals surface area contributed by atoms with E-state index in [1.54, 1.807) is 0 Å². The summed E-state index contributed by atoms with van der Waals surface area (Å²) >= 11 is 14.0. The van der Waals surface area contributed by atoms with Crippen LogP contribution in [0.15, 0.2) is 48.5 Å². The Morgan fingerprint density at radius 1 is 0.706 bits per heavy atom. The van der Waals surface area contributed by atoms with Gasteiger partial charge in [0.05, 0.1) is 0 Å². The van der Waals surface area contributed by atoms with Crippen molar-refractivity contribution in [2.24, 2.45) is 0 Å². The number of thioether (sulfide) groups is 1. The molecule has 0 aliphatic carbocycles. The van der Waals surface area contributed by atoms with Crippen LogP contribution in [0.1, 0.15) is 11.1 Å². The topological polar surface area (TPSA) is 0 Å². The molecule has 17 heavy (non-hydrogen) atoms. The number of hydrogen-bond acceptors (Lipinski definition) is 1. The van der Waals surface area contributed by atoms with Gasteiger partial charge in [0.25, 0.3) is 0 Å². The molecule has 0 atom stereocenters. The average molecular weight is 283 g/mol. The predicted octanol–water partition coefficient (Wildman–Crippen LogP) is 5.43. The van der Waals surface area contributed by atoms with E-state index in [1.165, 1.54) is 11.1 Å². The molecule has 0 aromatic heterocycles. The summed E-state index contributed by atoms with van der Waals surface area (Å²) in [7, 11) is 0. The van der Waals surface area contributed by atoms with Gasteiger partial charge in [-0.1, -0.05) is 59.6 Å². The average Bonchev–Trinajstić information content (AvgIpc) is 2.34. The quantitative estimate of drug-likeness (QED) is 0.721. The summed E-state index contributed by atoms with van der Waals surface area (Å²) in [5.41, 5.74) is 2.34. The number of hydrogen-bond donors (Lipinski definition) is 0. The Balaban J connectivity index is 1.93. The van der Waals surface area contributed by atoms with Crippen molar-refractivity contribution in [1.29, 1.82) is 0 Å². The molecule has 88 valence electrons. The summed E-state index contributed by atoms with van der Waals surface area (Å²) in [6.45, 7) is 0. The lowest BCUT2D eigenvalue weighted by Crippen LogP contribution is -1.85. The molecule has 0 aliphatic heterocycles. The zero-order chi connectivity index (χ0) is 12.1. The molecular weight excluding hydrogens is 271 g/mol. The van der Waals surface area contributed by atoms with Gasteiger partial charge in [-0.2, -0.15) is 11.8 Å². The van der Waals surface area contributed by atoms with E-state index in [2.05, 4.69) is 12.1 Å². The molecule has 2 aromatic rings. The Morgan fingerprint density at radius 2 is 1.12 bits per heavy atom. The van der Waals surface area contributed by atoms with Gasteiger partial charge in [0.1, 0.15) is 0 Å². The molecule has 0 spiro atoms. The highest BCUT2D eigenvalue weighted by Gasteiger charge is 2.01. The van der Waals surface area contributed by atoms with Crippen LogP contribution in [0.2, 0.25) is 10.0 Å². The van der Waals surface area contributed by atoms with Gasteiger partial charge in [-0.15, -0.1) is 0 Å². The van der Waals surface area contributed by atoms with Crippen molar-refractivity contribution < 1.29 is 0 Å². The first-order valence-electron chi connectivity index (χ1n) is 5.32. The Bertz CT molecular complexity index is 452. The monoisotopic (exact) mass is 282 g/mol. The van der Waals surface area contributed by atoms with Crippen molar-refractivity contribution in [3.05, 3.63) is 69.7 Å². The molecule has 0 saturated carbocycles. The highest BCUT2D eigenvalue weighted by atomic mass is 35.5. The van der Waals surface area contributed by atoms with Gasteiger partial charge < -0.3 is 0 Å². The Morgan fingerprint density at radius 3 is 1.53 bits per heavy atom. The van der Waals surface area contributed by atoms with Gasteiger partial charge in [0, 0.05) is 21.6 Å². The van der Waals surface area contributed by atoms with Crippen LogP contribution >= 0.6 is 35.0 Å². The summed E-state index contributed by atoms with van der Waals surface area (Å²) in [5, 5.41) is 1.67. The number of benzene rings is 2. The minimum atomic E-state index is 0.833. The lowest BCUT2D eigenvalue weighted by atomic mass is 10.2. The van der Waals surface area contributed by atoms with Gasteiger partial charge in [-0.25, -0.2) is 0 Å². The fraction of sp³-hybridized carbons (Fsp3) is 0.143. The summed E-state index contributed by atoms with van der Waals surface area (Å²) in [5.74, 6) is 1.82. The van der Waals surface area contributed by atoms with Gasteiger partial charge in [-0.05, 0) is 23.3 Å². The third-order valence-corrected chi connectivity index (χ3v) is 4.20. The lowest BCUT2D eigenvalue weighted by molar-refractivity contribution is 1.36. The molecule has 0 unspecified atom stereocenters. The molecule has 0 radical (unpaired) electrons. The second kappa shape index (κ2) is 6.34. The van der Waals surface area contributed by atoms with E-state index in [0.717, 1.165) is 21.6 Å². The van der Waals surface area contributed by atoms with Crippen molar-refractivity contribution in [3.63, 3.8) is 0 Å². The van der Waals surface area contributed by atoms with E-state index < -0.39 is 0 Å². The Labute approximate surface area is 116 Å². The van der Waals surface area contributed by atoms with Crippen molar-refractivity contribution in [2.45, 2.75) is 11.5 Å². The van der Waals surface area contributed by atoms with Crippen LogP contribution in [0.5, 0.6) is 0 Å². The number of halogens is 2. The maximum absolute atomic E-state index is 6.10. The van der Waals surface area contributed by atoms with E-state index in [1.807, 2.05) is 48.2 Å². The fourth-order valence-electron chi connectivity index (χ4n) is 1.50.